The van der Waals surface area contributed by atoms with Crippen LogP contribution in [0, 0.1) is 0 Å². The minimum Gasteiger partial charge on any atom is -0.395 e. The first-order chi connectivity index (χ1) is 7.85. The number of carbonyl (C=O) groups is 1. The number of hydrogen-bond acceptors (Lipinski definition) is 3. The number of rotatable bonds is 4. The number of anilines is 1. The van der Waals surface area contributed by atoms with Crippen LogP contribution in [-0.4, -0.2) is 32.8 Å². The molecule has 0 N–H and O–H groups in total. The molecule has 3 nitrogen and oxygen atoms in total. The SMILES string of the molecule is CN(C)c1ccc(C(=O)OC(F)(F)CF)cc1. The third kappa shape index (κ3) is 3.65. The van der Waals surface area contributed by atoms with Gasteiger partial charge in [0, 0.05) is 19.8 Å². The van der Waals surface area contributed by atoms with E-state index in [0.29, 0.717) is 0 Å². The van der Waals surface area contributed by atoms with Gasteiger partial charge in [0.1, 0.15) is 0 Å². The minimum atomic E-state index is -4.07. The van der Waals surface area contributed by atoms with Crippen molar-refractivity contribution in [3.05, 3.63) is 29.8 Å². The lowest BCUT2D eigenvalue weighted by molar-refractivity contribution is -0.209. The number of alkyl halides is 3. The van der Waals surface area contributed by atoms with Crippen molar-refractivity contribution in [3.8, 4) is 0 Å². The lowest BCUT2D eigenvalue weighted by Crippen LogP contribution is -2.27. The zero-order valence-electron chi connectivity index (χ0n) is 9.41. The standard InChI is InChI=1S/C11H12F3NO2/c1-15(2)9-5-3-8(4-6-9)10(16)17-11(13,14)7-12/h3-6H,7H2,1-2H3. The van der Waals surface area contributed by atoms with Gasteiger partial charge in [-0.1, -0.05) is 0 Å². The number of nitrogens with zero attached hydrogens (tertiary/aromatic N) is 1. The Morgan fingerprint density at radius 3 is 2.24 bits per heavy atom. The third-order valence-corrected chi connectivity index (χ3v) is 2.02. The summed E-state index contributed by atoms with van der Waals surface area (Å²) in [6.07, 6.45) is -4.07. The molecular formula is C11H12F3NO2. The summed E-state index contributed by atoms with van der Waals surface area (Å²) < 4.78 is 40.4. The first kappa shape index (κ1) is 13.3. The summed E-state index contributed by atoms with van der Waals surface area (Å²) in [5.41, 5.74) is 0.752. The summed E-state index contributed by atoms with van der Waals surface area (Å²) in [5.74, 6) is -1.25. The van der Waals surface area contributed by atoms with Crippen LogP contribution >= 0.6 is 0 Å². The van der Waals surface area contributed by atoms with Gasteiger partial charge < -0.3 is 9.64 Å². The second-order valence-corrected chi connectivity index (χ2v) is 3.60. The van der Waals surface area contributed by atoms with Crippen molar-refractivity contribution in [3.63, 3.8) is 0 Å². The Kier molecular flexibility index (Phi) is 3.98. The van der Waals surface area contributed by atoms with Crippen LogP contribution in [0.2, 0.25) is 0 Å². The molecule has 0 unspecified atom stereocenters. The van der Waals surface area contributed by atoms with Crippen LogP contribution < -0.4 is 4.90 Å². The third-order valence-electron chi connectivity index (χ3n) is 2.02. The van der Waals surface area contributed by atoms with E-state index in [1.165, 1.54) is 12.1 Å². The average Bonchev–Trinajstić information content (AvgIpc) is 2.28. The highest BCUT2D eigenvalue weighted by atomic mass is 19.3. The van der Waals surface area contributed by atoms with Gasteiger partial charge in [0.15, 0.2) is 6.67 Å². The fourth-order valence-electron chi connectivity index (χ4n) is 1.12. The molecule has 94 valence electrons. The maximum atomic E-state index is 12.5. The zero-order valence-corrected chi connectivity index (χ0v) is 9.41. The van der Waals surface area contributed by atoms with Crippen molar-refractivity contribution in [2.24, 2.45) is 0 Å². The first-order valence-electron chi connectivity index (χ1n) is 4.80. The Morgan fingerprint density at radius 2 is 1.82 bits per heavy atom. The van der Waals surface area contributed by atoms with Crippen LogP contribution in [0.1, 0.15) is 10.4 Å². The van der Waals surface area contributed by atoms with E-state index in [1.807, 2.05) is 0 Å². The molecule has 0 aliphatic heterocycles. The van der Waals surface area contributed by atoms with Gasteiger partial charge in [0.2, 0.25) is 0 Å². The molecule has 6 heteroatoms. The Hall–Kier alpha value is -1.72. The van der Waals surface area contributed by atoms with Crippen LogP contribution in [0.25, 0.3) is 0 Å². The van der Waals surface area contributed by atoms with Gasteiger partial charge in [0.05, 0.1) is 5.56 Å². The summed E-state index contributed by atoms with van der Waals surface area (Å²) in [5, 5.41) is 0. The Balaban J connectivity index is 2.77. The molecule has 0 saturated heterocycles. The largest absolute Gasteiger partial charge is 0.429 e. The lowest BCUT2D eigenvalue weighted by Gasteiger charge is -2.14. The van der Waals surface area contributed by atoms with E-state index in [4.69, 9.17) is 0 Å². The molecule has 0 heterocycles. The summed E-state index contributed by atoms with van der Waals surface area (Å²) in [6, 6.07) is 5.83. The van der Waals surface area contributed by atoms with Crippen molar-refractivity contribution in [1.29, 1.82) is 0 Å². The fraction of sp³-hybridized carbons (Fsp3) is 0.364. The number of halogens is 3. The minimum absolute atomic E-state index is 0.0521. The molecule has 0 atom stereocenters. The highest BCUT2D eigenvalue weighted by Gasteiger charge is 2.34. The first-order valence-corrected chi connectivity index (χ1v) is 4.80. The van der Waals surface area contributed by atoms with Crippen molar-refractivity contribution >= 4 is 11.7 Å². The smallest absolute Gasteiger partial charge is 0.395 e. The van der Waals surface area contributed by atoms with E-state index in [1.54, 1.807) is 31.1 Å². The Labute approximate surface area is 96.8 Å². The van der Waals surface area contributed by atoms with Crippen LogP contribution in [0.15, 0.2) is 24.3 Å². The molecule has 1 aromatic rings. The summed E-state index contributed by atoms with van der Waals surface area (Å²) in [7, 11) is 3.59. The molecule has 0 saturated carbocycles. The maximum Gasteiger partial charge on any atom is 0.429 e. The number of hydrogen-bond donors (Lipinski definition) is 0. The maximum absolute atomic E-state index is 12.5. The van der Waals surface area contributed by atoms with Gasteiger partial charge >= 0.3 is 12.1 Å². The predicted octanol–water partition coefficient (Wildman–Crippen LogP) is 2.47. The molecule has 0 spiro atoms. The van der Waals surface area contributed by atoms with Gasteiger partial charge in [0.25, 0.3) is 0 Å². The van der Waals surface area contributed by atoms with E-state index in [0.717, 1.165) is 5.69 Å². The monoisotopic (exact) mass is 247 g/mol. The molecule has 0 radical (unpaired) electrons. The van der Waals surface area contributed by atoms with Gasteiger partial charge in [-0.05, 0) is 24.3 Å². The van der Waals surface area contributed by atoms with Crippen molar-refractivity contribution in [2.45, 2.75) is 6.11 Å². The van der Waals surface area contributed by atoms with Crippen LogP contribution in [0.3, 0.4) is 0 Å². The highest BCUT2D eigenvalue weighted by molar-refractivity contribution is 5.90. The molecule has 0 aliphatic carbocycles. The van der Waals surface area contributed by atoms with E-state index < -0.39 is 18.8 Å². The molecule has 0 aliphatic rings. The number of esters is 1. The molecule has 1 aromatic carbocycles. The number of ether oxygens (including phenoxy) is 1. The average molecular weight is 247 g/mol. The molecule has 0 fully saturated rings. The fourth-order valence-corrected chi connectivity index (χ4v) is 1.12. The van der Waals surface area contributed by atoms with E-state index in [2.05, 4.69) is 4.74 Å². The van der Waals surface area contributed by atoms with Crippen LogP contribution in [-0.2, 0) is 4.74 Å². The second kappa shape index (κ2) is 5.07. The zero-order chi connectivity index (χ0) is 13.1. The predicted molar refractivity (Wildman–Crippen MR) is 57.1 cm³/mol. The second-order valence-electron chi connectivity index (χ2n) is 3.60. The van der Waals surface area contributed by atoms with Crippen molar-refractivity contribution < 1.29 is 22.7 Å². The topological polar surface area (TPSA) is 29.5 Å². The number of carbonyl (C=O) groups excluding carboxylic acids is 1. The van der Waals surface area contributed by atoms with E-state index in [-0.39, 0.29) is 5.56 Å². The van der Waals surface area contributed by atoms with Crippen LogP contribution in [0.5, 0.6) is 0 Å². The summed E-state index contributed by atoms with van der Waals surface area (Å²) in [6.45, 7) is -2.03. The van der Waals surface area contributed by atoms with Gasteiger partial charge in [-0.15, -0.1) is 0 Å². The summed E-state index contributed by atoms with van der Waals surface area (Å²) in [4.78, 5) is 13.0. The molecule has 1 rings (SSSR count). The summed E-state index contributed by atoms with van der Waals surface area (Å²) >= 11 is 0. The molecule has 17 heavy (non-hydrogen) atoms. The van der Waals surface area contributed by atoms with Crippen molar-refractivity contribution in [1.82, 2.24) is 0 Å². The quantitative estimate of drug-likeness (QED) is 0.765. The molecule has 0 aromatic heterocycles. The normalized spacial score (nSPS) is 11.1. The van der Waals surface area contributed by atoms with Gasteiger partial charge in [-0.3, -0.25) is 0 Å². The highest BCUT2D eigenvalue weighted by Crippen LogP contribution is 2.19. The molecule has 0 bridgehead atoms. The van der Waals surface area contributed by atoms with Gasteiger partial charge in [-0.2, -0.15) is 8.78 Å². The Bertz CT molecular complexity index is 390. The number of benzene rings is 1. The van der Waals surface area contributed by atoms with Crippen LogP contribution in [0.4, 0.5) is 18.9 Å². The molecular weight excluding hydrogens is 235 g/mol. The van der Waals surface area contributed by atoms with E-state index >= 15 is 0 Å². The molecule has 0 amide bonds. The van der Waals surface area contributed by atoms with Gasteiger partial charge in [-0.25, -0.2) is 9.18 Å². The van der Waals surface area contributed by atoms with E-state index in [9.17, 15) is 18.0 Å². The Morgan fingerprint density at radius 1 is 1.29 bits per heavy atom. The van der Waals surface area contributed by atoms with Crippen molar-refractivity contribution in [2.75, 3.05) is 25.7 Å². The lowest BCUT2D eigenvalue weighted by atomic mass is 10.2.